The molecule has 0 saturated carbocycles. The Labute approximate surface area is 175 Å². The maximum absolute atomic E-state index is 5.75. The summed E-state index contributed by atoms with van der Waals surface area (Å²) in [5.41, 5.74) is 2.69. The summed E-state index contributed by atoms with van der Waals surface area (Å²) in [6, 6.07) is 19.8. The van der Waals surface area contributed by atoms with Gasteiger partial charge in [-0.2, -0.15) is 0 Å². The molecular formula is C22H31IN2O. The van der Waals surface area contributed by atoms with Gasteiger partial charge in [0.1, 0.15) is 5.75 Å². The highest BCUT2D eigenvalue weighted by Crippen LogP contribution is 2.32. The van der Waals surface area contributed by atoms with Crippen molar-refractivity contribution in [3.8, 4) is 5.75 Å². The van der Waals surface area contributed by atoms with Crippen LogP contribution in [-0.4, -0.2) is 55.8 Å². The maximum atomic E-state index is 5.75. The van der Waals surface area contributed by atoms with E-state index in [1.165, 1.54) is 35.2 Å². The normalized spacial score (nSPS) is 18.0. The van der Waals surface area contributed by atoms with Crippen LogP contribution in [0.1, 0.15) is 31.0 Å². The molecule has 1 aliphatic heterocycles. The molecule has 0 aromatic heterocycles. The number of halogens is 1. The first-order chi connectivity index (χ1) is 12.1. The number of rotatable bonds is 6. The Morgan fingerprint density at radius 3 is 2.23 bits per heavy atom. The highest BCUT2D eigenvalue weighted by Gasteiger charge is 2.32. The molecule has 2 aromatic rings. The molecule has 0 spiro atoms. The zero-order valence-electron chi connectivity index (χ0n) is 16.2. The van der Waals surface area contributed by atoms with Crippen molar-refractivity contribution in [1.82, 2.24) is 4.90 Å². The predicted molar refractivity (Wildman–Crippen MR) is 104 cm³/mol. The lowest BCUT2D eigenvalue weighted by Gasteiger charge is -2.44. The van der Waals surface area contributed by atoms with Crippen molar-refractivity contribution in [3.63, 3.8) is 0 Å². The van der Waals surface area contributed by atoms with Gasteiger partial charge in [0, 0.05) is 13.1 Å². The number of hydrogen-bond donors (Lipinski definition) is 0. The number of hydrogen-bond acceptors (Lipinski definition) is 2. The minimum absolute atomic E-state index is 0. The second-order valence-electron chi connectivity index (χ2n) is 7.24. The summed E-state index contributed by atoms with van der Waals surface area (Å²) in [7, 11) is 2.38. The summed E-state index contributed by atoms with van der Waals surface area (Å²) in [6.45, 7) is 10.9. The topological polar surface area (TPSA) is 12.5 Å². The summed E-state index contributed by atoms with van der Waals surface area (Å²) >= 11 is 0. The molecule has 1 unspecified atom stereocenters. The molecule has 142 valence electrons. The van der Waals surface area contributed by atoms with Gasteiger partial charge in [0.15, 0.2) is 0 Å². The van der Waals surface area contributed by atoms with Gasteiger partial charge < -0.3 is 33.2 Å². The van der Waals surface area contributed by atoms with Crippen LogP contribution in [0.25, 0.3) is 0 Å². The average Bonchev–Trinajstić information content (AvgIpc) is 2.65. The Hall–Kier alpha value is -1.11. The van der Waals surface area contributed by atoms with E-state index >= 15 is 0 Å². The molecule has 1 aliphatic rings. The first-order valence-electron chi connectivity index (χ1n) is 9.50. The van der Waals surface area contributed by atoms with Crippen LogP contribution in [0, 0.1) is 0 Å². The molecule has 1 fully saturated rings. The van der Waals surface area contributed by atoms with Gasteiger partial charge in [0.2, 0.25) is 0 Å². The third kappa shape index (κ3) is 4.99. The van der Waals surface area contributed by atoms with Gasteiger partial charge in [0.05, 0.1) is 39.3 Å². The predicted octanol–water partition coefficient (Wildman–Crippen LogP) is 0.961. The second-order valence-corrected chi connectivity index (χ2v) is 7.24. The summed E-state index contributed by atoms with van der Waals surface area (Å²) < 4.78 is 6.93. The Balaban J connectivity index is 0.00000243. The zero-order valence-corrected chi connectivity index (χ0v) is 18.4. The van der Waals surface area contributed by atoms with Crippen molar-refractivity contribution in [1.29, 1.82) is 0 Å². The summed E-state index contributed by atoms with van der Waals surface area (Å²) in [5.74, 6) is 0.965. The number of nitrogens with zero attached hydrogens (tertiary/aromatic N) is 2. The first-order valence-corrected chi connectivity index (χ1v) is 9.50. The lowest BCUT2D eigenvalue weighted by molar-refractivity contribution is -0.912. The van der Waals surface area contributed by atoms with Gasteiger partial charge in [-0.1, -0.05) is 42.5 Å². The monoisotopic (exact) mass is 466 g/mol. The molecule has 0 bridgehead atoms. The van der Waals surface area contributed by atoms with Crippen molar-refractivity contribution >= 4 is 0 Å². The summed E-state index contributed by atoms with van der Waals surface area (Å²) in [6.07, 6.45) is 0. The number of benzene rings is 2. The molecule has 26 heavy (non-hydrogen) atoms. The Kier molecular flexibility index (Phi) is 7.92. The lowest BCUT2D eigenvalue weighted by Crippen LogP contribution is -3.00. The van der Waals surface area contributed by atoms with Crippen LogP contribution in [0.3, 0.4) is 0 Å². The number of piperazine rings is 1. The van der Waals surface area contributed by atoms with Gasteiger partial charge in [-0.25, -0.2) is 0 Å². The SMILES string of the molecule is CCOc1cccc(C(c2ccccc2)N2CC[N+](C)(CC)CC2)c1.[I-]. The van der Waals surface area contributed by atoms with Crippen LogP contribution in [0.15, 0.2) is 54.6 Å². The minimum atomic E-state index is 0. The van der Waals surface area contributed by atoms with E-state index < -0.39 is 0 Å². The van der Waals surface area contributed by atoms with Gasteiger partial charge >= 0.3 is 0 Å². The third-order valence-electron chi connectivity index (χ3n) is 5.58. The van der Waals surface area contributed by atoms with Crippen molar-refractivity contribution in [2.45, 2.75) is 19.9 Å². The van der Waals surface area contributed by atoms with E-state index in [0.717, 1.165) is 18.8 Å². The van der Waals surface area contributed by atoms with Gasteiger partial charge in [-0.3, -0.25) is 4.90 Å². The van der Waals surface area contributed by atoms with Crippen LogP contribution in [0.2, 0.25) is 0 Å². The van der Waals surface area contributed by atoms with Crippen LogP contribution < -0.4 is 28.7 Å². The molecule has 0 N–H and O–H groups in total. The molecule has 1 atom stereocenters. The standard InChI is InChI=1S/C22H31N2O.HI/c1-4-24(3)16-14-23(15-17-24)22(19-10-7-6-8-11-19)20-12-9-13-21(18-20)25-5-2;/h6-13,18,22H,4-5,14-17H2,1-3H3;1H/q+1;/p-1. The Bertz CT molecular complexity index is 669. The fraction of sp³-hybridized carbons (Fsp3) is 0.455. The fourth-order valence-electron chi connectivity index (χ4n) is 3.73. The third-order valence-corrected chi connectivity index (χ3v) is 5.58. The molecule has 0 amide bonds. The second kappa shape index (κ2) is 9.72. The molecular weight excluding hydrogens is 435 g/mol. The van der Waals surface area contributed by atoms with Crippen molar-refractivity contribution in [2.24, 2.45) is 0 Å². The number of ether oxygens (including phenoxy) is 1. The highest BCUT2D eigenvalue weighted by atomic mass is 127. The van der Waals surface area contributed by atoms with E-state index in [1.54, 1.807) is 0 Å². The maximum Gasteiger partial charge on any atom is 0.119 e. The Morgan fingerprint density at radius 2 is 1.62 bits per heavy atom. The average molecular weight is 466 g/mol. The van der Waals surface area contributed by atoms with Crippen molar-refractivity contribution in [3.05, 3.63) is 65.7 Å². The Morgan fingerprint density at radius 1 is 0.962 bits per heavy atom. The van der Waals surface area contributed by atoms with Crippen LogP contribution in [0.5, 0.6) is 5.75 Å². The molecule has 1 saturated heterocycles. The molecule has 0 radical (unpaired) electrons. The largest absolute Gasteiger partial charge is 1.00 e. The van der Waals surface area contributed by atoms with E-state index in [9.17, 15) is 0 Å². The van der Waals surface area contributed by atoms with E-state index in [4.69, 9.17) is 4.74 Å². The molecule has 0 aliphatic carbocycles. The van der Waals surface area contributed by atoms with Gasteiger partial charge in [-0.05, 0) is 37.1 Å². The van der Waals surface area contributed by atoms with E-state index in [1.807, 2.05) is 6.92 Å². The van der Waals surface area contributed by atoms with Crippen molar-refractivity contribution < 1.29 is 33.2 Å². The molecule has 3 rings (SSSR count). The van der Waals surface area contributed by atoms with E-state index in [2.05, 4.69) is 73.5 Å². The smallest absolute Gasteiger partial charge is 0.119 e. The van der Waals surface area contributed by atoms with Gasteiger partial charge in [-0.15, -0.1) is 0 Å². The number of quaternary nitrogens is 1. The molecule has 2 aromatic carbocycles. The summed E-state index contributed by atoms with van der Waals surface area (Å²) in [5, 5.41) is 0. The fourth-order valence-corrected chi connectivity index (χ4v) is 3.73. The minimum Gasteiger partial charge on any atom is -1.00 e. The number of likely N-dealkylation sites (N-methyl/N-ethyl adjacent to an activating group) is 1. The lowest BCUT2D eigenvalue weighted by atomic mass is 9.96. The van der Waals surface area contributed by atoms with Crippen LogP contribution in [0.4, 0.5) is 0 Å². The van der Waals surface area contributed by atoms with Crippen molar-refractivity contribution in [2.75, 3.05) is 46.4 Å². The van der Waals surface area contributed by atoms with Gasteiger partial charge in [0.25, 0.3) is 0 Å². The van der Waals surface area contributed by atoms with Crippen LogP contribution in [-0.2, 0) is 0 Å². The van der Waals surface area contributed by atoms with E-state index in [-0.39, 0.29) is 24.0 Å². The molecule has 4 heteroatoms. The van der Waals surface area contributed by atoms with E-state index in [0.29, 0.717) is 12.6 Å². The molecule has 3 nitrogen and oxygen atoms in total. The summed E-state index contributed by atoms with van der Waals surface area (Å²) in [4.78, 5) is 2.63. The quantitative estimate of drug-likeness (QED) is 0.465. The molecule has 1 heterocycles. The zero-order chi connectivity index (χ0) is 17.7. The highest BCUT2D eigenvalue weighted by molar-refractivity contribution is 5.37. The van der Waals surface area contributed by atoms with Crippen LogP contribution >= 0.6 is 0 Å². The first kappa shape index (κ1) is 21.2.